The van der Waals surface area contributed by atoms with E-state index in [1.807, 2.05) is 4.68 Å². The number of rotatable bonds is 8. The minimum atomic E-state index is -1.11. The molecule has 1 aliphatic heterocycles. The second-order valence-electron chi connectivity index (χ2n) is 7.49. The lowest BCUT2D eigenvalue weighted by Gasteiger charge is -2.25. The van der Waals surface area contributed by atoms with Gasteiger partial charge in [0.1, 0.15) is 32.4 Å². The van der Waals surface area contributed by atoms with E-state index in [4.69, 9.17) is 25.8 Å². The van der Waals surface area contributed by atoms with Gasteiger partial charge in [0.25, 0.3) is 0 Å². The summed E-state index contributed by atoms with van der Waals surface area (Å²) in [5.41, 5.74) is 1.59. The molecule has 3 rings (SSSR count). The monoisotopic (exact) mass is 495 g/mol. The second kappa shape index (κ2) is 8.08. The predicted octanol–water partition coefficient (Wildman–Crippen LogP) is 4.03. The van der Waals surface area contributed by atoms with Crippen LogP contribution < -0.4 is 4.74 Å². The Labute approximate surface area is 167 Å². The van der Waals surface area contributed by atoms with Crippen molar-refractivity contribution in [3.63, 3.8) is 0 Å². The van der Waals surface area contributed by atoms with Crippen molar-refractivity contribution in [1.82, 2.24) is 14.8 Å². The first kappa shape index (κ1) is 19.3. The van der Waals surface area contributed by atoms with Crippen LogP contribution in [-0.2, 0) is 16.2 Å². The predicted molar refractivity (Wildman–Crippen MR) is 109 cm³/mol. The van der Waals surface area contributed by atoms with Crippen LogP contribution in [0.15, 0.2) is 6.07 Å². The SMILES string of the molecule is C[Si](C)(C)CCOCn1nc(I)c2nc(Cl)cc(OCC3COC3)c21. The van der Waals surface area contributed by atoms with E-state index in [2.05, 4.69) is 52.3 Å². The van der Waals surface area contributed by atoms with Crippen molar-refractivity contribution in [2.24, 2.45) is 5.92 Å². The molecule has 1 saturated heterocycles. The van der Waals surface area contributed by atoms with Gasteiger partial charge in [-0.15, -0.1) is 0 Å². The molecule has 0 spiro atoms. The highest BCUT2D eigenvalue weighted by Crippen LogP contribution is 2.31. The zero-order valence-corrected chi connectivity index (χ0v) is 18.6. The van der Waals surface area contributed by atoms with Crippen LogP contribution in [0.1, 0.15) is 0 Å². The normalized spacial score (nSPS) is 15.6. The number of hydrogen-bond donors (Lipinski definition) is 0. The Hall–Kier alpha value is -0.423. The summed E-state index contributed by atoms with van der Waals surface area (Å²) in [5, 5.41) is 4.96. The van der Waals surface area contributed by atoms with Crippen LogP contribution in [0.2, 0.25) is 30.8 Å². The van der Waals surface area contributed by atoms with Crippen LogP contribution in [0.25, 0.3) is 11.0 Å². The number of hydrogen-bond acceptors (Lipinski definition) is 5. The molecule has 2 aromatic rings. The molecule has 1 fully saturated rings. The molecule has 0 saturated carbocycles. The zero-order valence-electron chi connectivity index (χ0n) is 14.7. The molecule has 6 nitrogen and oxygen atoms in total. The standard InChI is InChI=1S/C16H23ClIN3O3Si/c1-25(2,3)5-4-22-10-21-15-12(24-9-11-7-23-8-11)6-13(17)19-14(15)16(18)20-21/h6,11H,4-5,7-10H2,1-3H3. The zero-order chi connectivity index (χ0) is 18.0. The molecule has 0 N–H and O–H groups in total. The Bertz CT molecular complexity index is 746. The highest BCUT2D eigenvalue weighted by molar-refractivity contribution is 14.1. The van der Waals surface area contributed by atoms with Gasteiger partial charge in [0.2, 0.25) is 0 Å². The second-order valence-corrected chi connectivity index (χ2v) is 14.5. The van der Waals surface area contributed by atoms with Crippen molar-refractivity contribution in [2.75, 3.05) is 26.4 Å². The minimum absolute atomic E-state index is 0.385. The molecule has 0 aromatic carbocycles. The van der Waals surface area contributed by atoms with E-state index in [1.54, 1.807) is 6.07 Å². The van der Waals surface area contributed by atoms with E-state index in [-0.39, 0.29) is 0 Å². The van der Waals surface area contributed by atoms with Crippen LogP contribution in [0.4, 0.5) is 0 Å². The number of aromatic nitrogens is 3. The van der Waals surface area contributed by atoms with E-state index < -0.39 is 8.07 Å². The number of halogens is 2. The fourth-order valence-electron chi connectivity index (χ4n) is 2.40. The van der Waals surface area contributed by atoms with Crippen LogP contribution in [0.5, 0.6) is 5.75 Å². The van der Waals surface area contributed by atoms with Gasteiger partial charge < -0.3 is 14.2 Å². The summed E-state index contributed by atoms with van der Waals surface area (Å²) >= 11 is 8.33. The first-order valence-corrected chi connectivity index (χ1v) is 13.5. The maximum absolute atomic E-state index is 6.16. The third-order valence-corrected chi connectivity index (χ3v) is 6.60. The Kier molecular flexibility index (Phi) is 6.25. The Morgan fingerprint density at radius 2 is 2.16 bits per heavy atom. The van der Waals surface area contributed by atoms with E-state index in [1.165, 1.54) is 0 Å². The summed E-state index contributed by atoms with van der Waals surface area (Å²) in [7, 11) is -1.11. The summed E-state index contributed by atoms with van der Waals surface area (Å²) < 4.78 is 19.7. The van der Waals surface area contributed by atoms with Gasteiger partial charge in [0.15, 0.2) is 0 Å². The molecule has 138 valence electrons. The highest BCUT2D eigenvalue weighted by Gasteiger charge is 2.22. The number of ether oxygens (including phenoxy) is 3. The minimum Gasteiger partial charge on any atom is -0.491 e. The fourth-order valence-corrected chi connectivity index (χ4v) is 3.98. The van der Waals surface area contributed by atoms with Crippen LogP contribution >= 0.6 is 34.2 Å². The van der Waals surface area contributed by atoms with E-state index >= 15 is 0 Å². The summed E-state index contributed by atoms with van der Waals surface area (Å²) in [4.78, 5) is 4.41. The van der Waals surface area contributed by atoms with Crippen molar-refractivity contribution in [2.45, 2.75) is 32.4 Å². The molecule has 0 atom stereocenters. The Morgan fingerprint density at radius 3 is 2.80 bits per heavy atom. The van der Waals surface area contributed by atoms with Crippen molar-refractivity contribution < 1.29 is 14.2 Å². The van der Waals surface area contributed by atoms with Gasteiger partial charge in [0.05, 0.1) is 19.8 Å². The van der Waals surface area contributed by atoms with Gasteiger partial charge in [-0.1, -0.05) is 31.2 Å². The quantitative estimate of drug-likeness (QED) is 0.240. The van der Waals surface area contributed by atoms with Gasteiger partial charge in [-0.2, -0.15) is 5.10 Å². The van der Waals surface area contributed by atoms with E-state index in [0.29, 0.717) is 30.2 Å². The average molecular weight is 496 g/mol. The van der Waals surface area contributed by atoms with Crippen LogP contribution in [-0.4, -0.2) is 49.3 Å². The first-order valence-electron chi connectivity index (χ1n) is 8.34. The lowest BCUT2D eigenvalue weighted by Crippen LogP contribution is -2.32. The van der Waals surface area contributed by atoms with Crippen molar-refractivity contribution in [1.29, 1.82) is 0 Å². The lowest BCUT2D eigenvalue weighted by molar-refractivity contribution is -0.0507. The topological polar surface area (TPSA) is 58.4 Å². The first-order chi connectivity index (χ1) is 11.8. The summed E-state index contributed by atoms with van der Waals surface area (Å²) in [6.07, 6.45) is 0. The largest absolute Gasteiger partial charge is 0.491 e. The van der Waals surface area contributed by atoms with Crippen LogP contribution in [0, 0.1) is 9.62 Å². The van der Waals surface area contributed by atoms with Gasteiger partial charge >= 0.3 is 0 Å². The number of pyridine rings is 1. The smallest absolute Gasteiger partial charge is 0.150 e. The van der Waals surface area contributed by atoms with Crippen molar-refractivity contribution in [3.05, 3.63) is 14.9 Å². The number of fused-ring (bicyclic) bond motifs is 1. The lowest BCUT2D eigenvalue weighted by atomic mass is 10.1. The van der Waals surface area contributed by atoms with E-state index in [0.717, 1.165) is 40.6 Å². The fraction of sp³-hybridized carbons (Fsp3) is 0.625. The molecule has 0 radical (unpaired) electrons. The highest BCUT2D eigenvalue weighted by atomic mass is 127. The molecule has 25 heavy (non-hydrogen) atoms. The molecule has 9 heteroatoms. The van der Waals surface area contributed by atoms with Gasteiger partial charge in [0, 0.05) is 26.7 Å². The van der Waals surface area contributed by atoms with Crippen LogP contribution in [0.3, 0.4) is 0 Å². The third kappa shape index (κ3) is 5.06. The molecule has 0 unspecified atom stereocenters. The number of nitrogens with zero attached hydrogens (tertiary/aromatic N) is 3. The van der Waals surface area contributed by atoms with Gasteiger partial charge in [-0.05, 0) is 28.6 Å². The molecule has 3 heterocycles. The molecule has 0 aliphatic carbocycles. The summed E-state index contributed by atoms with van der Waals surface area (Å²) in [6, 6.07) is 2.87. The molecular formula is C16H23ClIN3O3Si. The molecule has 0 amide bonds. The average Bonchev–Trinajstić information content (AvgIpc) is 2.77. The summed E-state index contributed by atoms with van der Waals surface area (Å²) in [5.74, 6) is 1.14. The molecule has 2 aromatic heterocycles. The van der Waals surface area contributed by atoms with Crippen molar-refractivity contribution in [3.8, 4) is 5.75 Å². The summed E-state index contributed by atoms with van der Waals surface area (Å²) in [6.45, 7) is 10.2. The van der Waals surface area contributed by atoms with Gasteiger partial charge in [-0.3, -0.25) is 0 Å². The van der Waals surface area contributed by atoms with Gasteiger partial charge in [-0.25, -0.2) is 9.67 Å². The van der Waals surface area contributed by atoms with E-state index in [9.17, 15) is 0 Å². The maximum Gasteiger partial charge on any atom is 0.150 e. The maximum atomic E-state index is 6.16. The molecule has 0 bridgehead atoms. The van der Waals surface area contributed by atoms with Crippen molar-refractivity contribution >= 4 is 53.3 Å². The molecule has 1 aliphatic rings. The Morgan fingerprint density at radius 1 is 1.40 bits per heavy atom. The molecular weight excluding hydrogens is 473 g/mol. The third-order valence-electron chi connectivity index (χ3n) is 3.98. The Balaban J connectivity index is 1.77.